The number of nitrogens with one attached hydrogen (secondary N) is 1. The lowest BCUT2D eigenvalue weighted by Gasteiger charge is -2.33. The number of benzene rings is 1. The zero-order valence-electron chi connectivity index (χ0n) is 12.7. The van der Waals surface area contributed by atoms with E-state index in [-0.39, 0.29) is 5.69 Å². The Morgan fingerprint density at radius 2 is 2.14 bits per heavy atom. The third-order valence-corrected chi connectivity index (χ3v) is 4.14. The minimum Gasteiger partial charge on any atom is -0.490 e. The molecule has 2 rings (SSSR count). The highest BCUT2D eigenvalue weighted by molar-refractivity contribution is 5.59. The molecule has 1 aromatic rings. The standard InChI is InChI=1S/C15H23N3O3/c1-16-8-5-12-6-9-17(10-7-12)13-3-4-14(18(19)20)15(11-13)21-2/h3-4,11-12,16H,5-10H2,1-2H3. The van der Waals surface area contributed by atoms with Crippen LogP contribution in [0.1, 0.15) is 19.3 Å². The predicted molar refractivity (Wildman–Crippen MR) is 83.1 cm³/mol. The van der Waals surface area contributed by atoms with Crippen LogP contribution in [0.15, 0.2) is 18.2 Å². The van der Waals surface area contributed by atoms with Gasteiger partial charge in [-0.1, -0.05) is 0 Å². The van der Waals surface area contributed by atoms with Gasteiger partial charge >= 0.3 is 5.69 Å². The van der Waals surface area contributed by atoms with Crippen molar-refractivity contribution in [3.05, 3.63) is 28.3 Å². The first-order chi connectivity index (χ1) is 10.2. The summed E-state index contributed by atoms with van der Waals surface area (Å²) in [4.78, 5) is 12.8. The number of nitro groups is 1. The van der Waals surface area contributed by atoms with Gasteiger partial charge in [0.1, 0.15) is 0 Å². The molecule has 0 bridgehead atoms. The number of nitro benzene ring substituents is 1. The summed E-state index contributed by atoms with van der Waals surface area (Å²) in [6.07, 6.45) is 3.55. The fourth-order valence-corrected chi connectivity index (χ4v) is 2.84. The molecule has 0 saturated carbocycles. The molecule has 0 amide bonds. The molecular weight excluding hydrogens is 270 g/mol. The van der Waals surface area contributed by atoms with E-state index in [4.69, 9.17) is 4.74 Å². The molecule has 0 radical (unpaired) electrons. The van der Waals surface area contributed by atoms with Crippen molar-refractivity contribution in [3.63, 3.8) is 0 Å². The summed E-state index contributed by atoms with van der Waals surface area (Å²) in [5.74, 6) is 1.10. The SMILES string of the molecule is CNCCC1CCN(c2ccc([N+](=O)[O-])c(OC)c2)CC1. The predicted octanol–water partition coefficient (Wildman–Crippen LogP) is 2.43. The molecular formula is C15H23N3O3. The van der Waals surface area contributed by atoms with Crippen LogP contribution in [-0.4, -0.2) is 38.7 Å². The number of nitrogens with zero attached hydrogens (tertiary/aromatic N) is 2. The minimum absolute atomic E-state index is 0.0187. The topological polar surface area (TPSA) is 67.6 Å². The Morgan fingerprint density at radius 1 is 1.43 bits per heavy atom. The van der Waals surface area contributed by atoms with Crippen molar-refractivity contribution in [3.8, 4) is 5.75 Å². The van der Waals surface area contributed by atoms with E-state index in [1.54, 1.807) is 6.07 Å². The van der Waals surface area contributed by atoms with Gasteiger partial charge in [0.15, 0.2) is 5.75 Å². The van der Waals surface area contributed by atoms with Gasteiger partial charge in [-0.05, 0) is 44.8 Å². The number of piperidine rings is 1. The Bertz CT molecular complexity index is 485. The van der Waals surface area contributed by atoms with Gasteiger partial charge in [0.25, 0.3) is 0 Å². The Hall–Kier alpha value is -1.82. The van der Waals surface area contributed by atoms with Crippen LogP contribution in [0.2, 0.25) is 0 Å². The molecule has 1 aliphatic rings. The second kappa shape index (κ2) is 7.26. The highest BCUT2D eigenvalue weighted by Crippen LogP contribution is 2.33. The molecule has 1 saturated heterocycles. The van der Waals surface area contributed by atoms with E-state index in [1.807, 2.05) is 13.1 Å². The van der Waals surface area contributed by atoms with Crippen LogP contribution in [-0.2, 0) is 0 Å². The molecule has 6 nitrogen and oxygen atoms in total. The minimum atomic E-state index is -0.410. The fourth-order valence-electron chi connectivity index (χ4n) is 2.84. The van der Waals surface area contributed by atoms with E-state index < -0.39 is 4.92 Å². The molecule has 6 heteroatoms. The number of methoxy groups -OCH3 is 1. The van der Waals surface area contributed by atoms with Crippen LogP contribution < -0.4 is 15.0 Å². The van der Waals surface area contributed by atoms with Crippen LogP contribution in [0.3, 0.4) is 0 Å². The molecule has 0 atom stereocenters. The van der Waals surface area contributed by atoms with Gasteiger partial charge in [0.05, 0.1) is 12.0 Å². The maximum atomic E-state index is 10.9. The Kier molecular flexibility index (Phi) is 5.38. The number of hydrogen-bond acceptors (Lipinski definition) is 5. The smallest absolute Gasteiger partial charge is 0.311 e. The monoisotopic (exact) mass is 293 g/mol. The molecule has 0 spiro atoms. The highest BCUT2D eigenvalue weighted by atomic mass is 16.6. The van der Waals surface area contributed by atoms with Crippen molar-refractivity contribution < 1.29 is 9.66 Å². The van der Waals surface area contributed by atoms with Crippen molar-refractivity contribution in [1.29, 1.82) is 0 Å². The highest BCUT2D eigenvalue weighted by Gasteiger charge is 2.21. The lowest BCUT2D eigenvalue weighted by molar-refractivity contribution is -0.385. The van der Waals surface area contributed by atoms with Gasteiger partial charge in [-0.2, -0.15) is 0 Å². The van der Waals surface area contributed by atoms with Crippen molar-refractivity contribution in [2.24, 2.45) is 5.92 Å². The Labute approximate surface area is 125 Å². The van der Waals surface area contributed by atoms with E-state index in [1.165, 1.54) is 32.4 Å². The van der Waals surface area contributed by atoms with Gasteiger partial charge in [0, 0.05) is 30.9 Å². The third kappa shape index (κ3) is 3.85. The average Bonchev–Trinajstić information content (AvgIpc) is 2.52. The van der Waals surface area contributed by atoms with Gasteiger partial charge in [-0.3, -0.25) is 10.1 Å². The maximum Gasteiger partial charge on any atom is 0.311 e. The molecule has 1 aromatic carbocycles. The summed E-state index contributed by atoms with van der Waals surface area (Å²) in [6.45, 7) is 3.06. The van der Waals surface area contributed by atoms with E-state index in [0.717, 1.165) is 31.2 Å². The first kappa shape index (κ1) is 15.6. The molecule has 1 N–H and O–H groups in total. The van der Waals surface area contributed by atoms with E-state index in [9.17, 15) is 10.1 Å². The second-order valence-corrected chi connectivity index (χ2v) is 5.44. The number of hydrogen-bond donors (Lipinski definition) is 1. The molecule has 0 aliphatic carbocycles. The molecule has 0 aromatic heterocycles. The van der Waals surface area contributed by atoms with E-state index in [2.05, 4.69) is 10.2 Å². The Balaban J connectivity index is 2.02. The van der Waals surface area contributed by atoms with Crippen LogP contribution in [0.4, 0.5) is 11.4 Å². The molecule has 1 aliphatic heterocycles. The van der Waals surface area contributed by atoms with Crippen LogP contribution in [0, 0.1) is 16.0 Å². The summed E-state index contributed by atoms with van der Waals surface area (Å²) < 4.78 is 5.14. The molecule has 0 unspecified atom stereocenters. The zero-order valence-corrected chi connectivity index (χ0v) is 12.7. The number of rotatable bonds is 6. The van der Waals surface area contributed by atoms with Crippen LogP contribution >= 0.6 is 0 Å². The summed E-state index contributed by atoms with van der Waals surface area (Å²) in [5, 5.41) is 14.1. The molecule has 1 heterocycles. The Morgan fingerprint density at radius 3 is 2.71 bits per heavy atom. The number of ether oxygens (including phenoxy) is 1. The van der Waals surface area contributed by atoms with Crippen molar-refractivity contribution in [2.75, 3.05) is 38.7 Å². The van der Waals surface area contributed by atoms with Gasteiger partial charge < -0.3 is 15.0 Å². The third-order valence-electron chi connectivity index (χ3n) is 4.14. The van der Waals surface area contributed by atoms with Crippen molar-refractivity contribution in [2.45, 2.75) is 19.3 Å². The maximum absolute atomic E-state index is 10.9. The zero-order chi connectivity index (χ0) is 15.2. The first-order valence-corrected chi connectivity index (χ1v) is 7.37. The van der Waals surface area contributed by atoms with Crippen LogP contribution in [0.5, 0.6) is 5.75 Å². The quantitative estimate of drug-likeness (QED) is 0.644. The van der Waals surface area contributed by atoms with Crippen molar-refractivity contribution >= 4 is 11.4 Å². The average molecular weight is 293 g/mol. The van der Waals surface area contributed by atoms with E-state index in [0.29, 0.717) is 5.75 Å². The lowest BCUT2D eigenvalue weighted by Crippen LogP contribution is -2.34. The van der Waals surface area contributed by atoms with Crippen molar-refractivity contribution in [1.82, 2.24) is 5.32 Å². The van der Waals surface area contributed by atoms with Crippen LogP contribution in [0.25, 0.3) is 0 Å². The summed E-state index contributed by atoms with van der Waals surface area (Å²) in [5.41, 5.74) is 1.02. The summed E-state index contributed by atoms with van der Waals surface area (Å²) in [6, 6.07) is 5.11. The number of anilines is 1. The first-order valence-electron chi connectivity index (χ1n) is 7.37. The molecule has 1 fully saturated rings. The van der Waals surface area contributed by atoms with Gasteiger partial charge in [-0.15, -0.1) is 0 Å². The summed E-state index contributed by atoms with van der Waals surface area (Å²) in [7, 11) is 3.45. The molecule has 116 valence electrons. The fraction of sp³-hybridized carbons (Fsp3) is 0.600. The summed E-state index contributed by atoms with van der Waals surface area (Å²) >= 11 is 0. The van der Waals surface area contributed by atoms with Gasteiger partial charge in [-0.25, -0.2) is 0 Å². The van der Waals surface area contributed by atoms with E-state index >= 15 is 0 Å². The molecule has 21 heavy (non-hydrogen) atoms. The van der Waals surface area contributed by atoms with Gasteiger partial charge in [0.2, 0.25) is 0 Å². The largest absolute Gasteiger partial charge is 0.490 e. The lowest BCUT2D eigenvalue weighted by atomic mass is 9.93. The second-order valence-electron chi connectivity index (χ2n) is 5.44. The normalized spacial score (nSPS) is 16.0.